The second-order valence-corrected chi connectivity index (χ2v) is 5.96. The average molecular weight is 265 g/mol. The average Bonchev–Trinajstić information content (AvgIpc) is 2.75. The normalized spacial score (nSPS) is 25.5. The van der Waals surface area contributed by atoms with Gasteiger partial charge in [0.05, 0.1) is 5.69 Å². The highest BCUT2D eigenvalue weighted by Crippen LogP contribution is 2.29. The first-order valence-electron chi connectivity index (χ1n) is 7.46. The van der Waals surface area contributed by atoms with Gasteiger partial charge in [0.2, 0.25) is 0 Å². The molecule has 19 heavy (non-hydrogen) atoms. The summed E-state index contributed by atoms with van der Waals surface area (Å²) in [7, 11) is 1.96. The van der Waals surface area contributed by atoms with Crippen molar-refractivity contribution >= 4 is 0 Å². The van der Waals surface area contributed by atoms with Crippen LogP contribution in [0.15, 0.2) is 6.20 Å². The number of aromatic nitrogens is 2. The number of aliphatic hydroxyl groups excluding tert-OH is 1. The van der Waals surface area contributed by atoms with E-state index >= 15 is 0 Å². The van der Waals surface area contributed by atoms with E-state index in [1.165, 1.54) is 31.2 Å². The minimum Gasteiger partial charge on any atom is -0.396 e. The Kier molecular flexibility index (Phi) is 4.99. The smallest absolute Gasteiger partial charge is 0.0641 e. The molecule has 108 valence electrons. The van der Waals surface area contributed by atoms with Crippen LogP contribution in [0.4, 0.5) is 0 Å². The summed E-state index contributed by atoms with van der Waals surface area (Å²) < 4.78 is 1.87. The van der Waals surface area contributed by atoms with Crippen molar-refractivity contribution in [1.29, 1.82) is 0 Å². The molecular formula is C15H27N3O. The lowest BCUT2D eigenvalue weighted by atomic mass is 9.79. The van der Waals surface area contributed by atoms with Gasteiger partial charge in [-0.2, -0.15) is 5.10 Å². The van der Waals surface area contributed by atoms with E-state index in [0.717, 1.165) is 12.2 Å². The van der Waals surface area contributed by atoms with Gasteiger partial charge >= 0.3 is 0 Å². The third-order valence-electron chi connectivity index (χ3n) is 4.51. The molecule has 0 saturated heterocycles. The molecule has 0 bridgehead atoms. The van der Waals surface area contributed by atoms with E-state index in [4.69, 9.17) is 0 Å². The monoisotopic (exact) mass is 265 g/mol. The molecule has 1 heterocycles. The zero-order chi connectivity index (χ0) is 13.8. The largest absolute Gasteiger partial charge is 0.396 e. The van der Waals surface area contributed by atoms with Crippen LogP contribution >= 0.6 is 0 Å². The predicted molar refractivity (Wildman–Crippen MR) is 76.9 cm³/mol. The van der Waals surface area contributed by atoms with E-state index in [0.29, 0.717) is 24.5 Å². The lowest BCUT2D eigenvalue weighted by molar-refractivity contribution is 0.131. The van der Waals surface area contributed by atoms with Crippen molar-refractivity contribution in [3.63, 3.8) is 0 Å². The Morgan fingerprint density at radius 2 is 2.11 bits per heavy atom. The summed E-state index contributed by atoms with van der Waals surface area (Å²) in [6, 6.07) is 0.329. The molecule has 1 aliphatic carbocycles. The van der Waals surface area contributed by atoms with Crippen molar-refractivity contribution in [3.8, 4) is 0 Å². The molecule has 0 amide bonds. The Labute approximate surface area is 116 Å². The van der Waals surface area contributed by atoms with E-state index < -0.39 is 0 Å². The number of aryl methyl sites for hydroxylation is 2. The van der Waals surface area contributed by atoms with Gasteiger partial charge in [0.15, 0.2) is 0 Å². The fourth-order valence-electron chi connectivity index (χ4n) is 3.27. The Bertz CT molecular complexity index is 402. The van der Waals surface area contributed by atoms with E-state index in [1.807, 2.05) is 11.7 Å². The van der Waals surface area contributed by atoms with Crippen LogP contribution in [-0.2, 0) is 7.05 Å². The maximum Gasteiger partial charge on any atom is 0.0641 e. The standard InChI is InChI=1S/C15H27N3O/c1-11(15-9-18(3)17-12(15)2)16-8-13-6-4-5-7-14(13)10-19/h9,11,13-14,16,19H,4-8,10H2,1-3H3. The third-order valence-corrected chi connectivity index (χ3v) is 4.51. The molecule has 0 aromatic carbocycles. The minimum atomic E-state index is 0.329. The Balaban J connectivity index is 1.89. The molecule has 1 aliphatic rings. The van der Waals surface area contributed by atoms with Gasteiger partial charge in [-0.15, -0.1) is 0 Å². The summed E-state index contributed by atoms with van der Waals surface area (Å²) in [5.41, 5.74) is 2.38. The van der Waals surface area contributed by atoms with Gasteiger partial charge in [-0.05, 0) is 45.1 Å². The van der Waals surface area contributed by atoms with Crippen molar-refractivity contribution in [1.82, 2.24) is 15.1 Å². The number of nitrogens with zero attached hydrogens (tertiary/aromatic N) is 2. The summed E-state index contributed by atoms with van der Waals surface area (Å²) in [4.78, 5) is 0. The molecule has 1 aromatic heterocycles. The topological polar surface area (TPSA) is 50.1 Å². The Morgan fingerprint density at radius 3 is 2.68 bits per heavy atom. The number of nitrogens with one attached hydrogen (secondary N) is 1. The maximum atomic E-state index is 9.45. The van der Waals surface area contributed by atoms with Gasteiger partial charge in [0.25, 0.3) is 0 Å². The molecule has 0 spiro atoms. The van der Waals surface area contributed by atoms with Crippen molar-refractivity contribution < 1.29 is 5.11 Å². The van der Waals surface area contributed by atoms with E-state index in [2.05, 4.69) is 30.5 Å². The molecule has 3 atom stereocenters. The molecule has 1 fully saturated rings. The molecule has 4 heteroatoms. The van der Waals surface area contributed by atoms with Crippen LogP contribution < -0.4 is 5.32 Å². The van der Waals surface area contributed by atoms with Gasteiger partial charge in [0.1, 0.15) is 0 Å². The van der Waals surface area contributed by atoms with E-state index in [1.54, 1.807) is 0 Å². The van der Waals surface area contributed by atoms with Crippen LogP contribution in [0, 0.1) is 18.8 Å². The van der Waals surface area contributed by atoms with Gasteiger partial charge in [-0.1, -0.05) is 12.8 Å². The number of hydrogen-bond acceptors (Lipinski definition) is 3. The van der Waals surface area contributed by atoms with Gasteiger partial charge in [-0.3, -0.25) is 4.68 Å². The number of hydrogen-bond donors (Lipinski definition) is 2. The summed E-state index contributed by atoms with van der Waals surface area (Å²) in [5.74, 6) is 1.11. The lowest BCUT2D eigenvalue weighted by Crippen LogP contribution is -2.33. The summed E-state index contributed by atoms with van der Waals surface area (Å²) in [5, 5.41) is 17.5. The van der Waals surface area contributed by atoms with Gasteiger partial charge in [0, 0.05) is 31.5 Å². The van der Waals surface area contributed by atoms with Crippen LogP contribution in [-0.4, -0.2) is 28.0 Å². The Hall–Kier alpha value is -0.870. The molecule has 2 rings (SSSR count). The SMILES string of the molecule is Cc1nn(C)cc1C(C)NCC1CCCCC1CO. The Morgan fingerprint density at radius 1 is 1.42 bits per heavy atom. The third kappa shape index (κ3) is 3.57. The first-order valence-corrected chi connectivity index (χ1v) is 7.46. The maximum absolute atomic E-state index is 9.45. The van der Waals surface area contributed by atoms with Crippen molar-refractivity contribution in [2.45, 2.75) is 45.6 Å². The predicted octanol–water partition coefficient (Wildman–Crippen LogP) is 2.18. The highest BCUT2D eigenvalue weighted by atomic mass is 16.3. The second kappa shape index (κ2) is 6.53. The lowest BCUT2D eigenvalue weighted by Gasteiger charge is -2.31. The van der Waals surface area contributed by atoms with Crippen molar-refractivity contribution in [3.05, 3.63) is 17.5 Å². The van der Waals surface area contributed by atoms with Crippen LogP contribution in [0.1, 0.15) is 49.9 Å². The van der Waals surface area contributed by atoms with Crippen LogP contribution in [0.5, 0.6) is 0 Å². The molecule has 1 aromatic rings. The molecule has 1 saturated carbocycles. The number of aliphatic hydroxyl groups is 1. The molecule has 2 N–H and O–H groups in total. The molecule has 0 radical (unpaired) electrons. The van der Waals surface area contributed by atoms with Crippen LogP contribution in [0.25, 0.3) is 0 Å². The molecule has 0 aliphatic heterocycles. The van der Waals surface area contributed by atoms with Gasteiger partial charge in [-0.25, -0.2) is 0 Å². The summed E-state index contributed by atoms with van der Waals surface area (Å²) in [6.07, 6.45) is 7.11. The van der Waals surface area contributed by atoms with Crippen LogP contribution in [0.3, 0.4) is 0 Å². The van der Waals surface area contributed by atoms with E-state index in [-0.39, 0.29) is 0 Å². The zero-order valence-corrected chi connectivity index (χ0v) is 12.4. The molecule has 4 nitrogen and oxygen atoms in total. The van der Waals surface area contributed by atoms with Gasteiger partial charge < -0.3 is 10.4 Å². The van der Waals surface area contributed by atoms with Crippen molar-refractivity contribution in [2.24, 2.45) is 18.9 Å². The second-order valence-electron chi connectivity index (χ2n) is 5.96. The molecule has 3 unspecified atom stereocenters. The highest BCUT2D eigenvalue weighted by Gasteiger charge is 2.25. The quantitative estimate of drug-likeness (QED) is 0.858. The molecular weight excluding hydrogens is 238 g/mol. The highest BCUT2D eigenvalue weighted by molar-refractivity contribution is 5.19. The van der Waals surface area contributed by atoms with Crippen molar-refractivity contribution in [2.75, 3.05) is 13.2 Å². The summed E-state index contributed by atoms with van der Waals surface area (Å²) in [6.45, 7) is 5.60. The summed E-state index contributed by atoms with van der Waals surface area (Å²) >= 11 is 0. The minimum absolute atomic E-state index is 0.329. The zero-order valence-electron chi connectivity index (χ0n) is 12.4. The first-order chi connectivity index (χ1) is 9.11. The first kappa shape index (κ1) is 14.5. The van der Waals surface area contributed by atoms with E-state index in [9.17, 15) is 5.11 Å². The number of rotatable bonds is 5. The fourth-order valence-corrected chi connectivity index (χ4v) is 3.27. The fraction of sp³-hybridized carbons (Fsp3) is 0.800. The van der Waals surface area contributed by atoms with Crippen LogP contribution in [0.2, 0.25) is 0 Å².